The van der Waals surface area contributed by atoms with Crippen LogP contribution in [0.5, 0.6) is 0 Å². The van der Waals surface area contributed by atoms with E-state index in [0.29, 0.717) is 0 Å². The van der Waals surface area contributed by atoms with Crippen LogP contribution in [0, 0.1) is 0 Å². The largest absolute Gasteiger partial charge is 0.341 e. The van der Waals surface area contributed by atoms with Crippen LogP contribution in [0.2, 0.25) is 0 Å². The predicted octanol–water partition coefficient (Wildman–Crippen LogP) is 2.24. The van der Waals surface area contributed by atoms with Gasteiger partial charge in [-0.1, -0.05) is 6.92 Å². The number of pyridine rings is 1. The molecule has 3 nitrogen and oxygen atoms in total. The first-order chi connectivity index (χ1) is 6.33. The summed E-state index contributed by atoms with van der Waals surface area (Å²) in [6.07, 6.45) is 4.82. The van der Waals surface area contributed by atoms with Crippen LogP contribution in [0.3, 0.4) is 0 Å². The van der Waals surface area contributed by atoms with Crippen molar-refractivity contribution in [1.29, 1.82) is 0 Å². The summed E-state index contributed by atoms with van der Waals surface area (Å²) in [4.78, 5) is 13.0. The van der Waals surface area contributed by atoms with Crippen LogP contribution in [0.4, 0.5) is 0 Å². The van der Waals surface area contributed by atoms with E-state index in [1.807, 2.05) is 12.5 Å². The minimum absolute atomic E-state index is 0.814. The first kappa shape index (κ1) is 8.56. The second-order valence-corrected chi connectivity index (χ2v) is 3.66. The van der Waals surface area contributed by atoms with Crippen LogP contribution in [0.25, 0.3) is 11.2 Å². The van der Waals surface area contributed by atoms with E-state index in [1.165, 1.54) is 4.90 Å². The second-order valence-electron chi connectivity index (χ2n) is 2.78. The number of hydrogen-bond donors (Lipinski definition) is 1. The Kier molecular flexibility index (Phi) is 2.22. The van der Waals surface area contributed by atoms with Crippen LogP contribution >= 0.6 is 11.8 Å². The van der Waals surface area contributed by atoms with Gasteiger partial charge < -0.3 is 4.98 Å². The van der Waals surface area contributed by atoms with Gasteiger partial charge in [0.2, 0.25) is 0 Å². The van der Waals surface area contributed by atoms with Gasteiger partial charge in [0, 0.05) is 17.5 Å². The zero-order valence-corrected chi connectivity index (χ0v) is 8.48. The number of nitrogens with zero attached hydrogens (tertiary/aromatic N) is 2. The Labute approximate surface area is 81.0 Å². The maximum atomic E-state index is 4.33. The minimum Gasteiger partial charge on any atom is -0.341 e. The van der Waals surface area contributed by atoms with Crippen molar-refractivity contribution >= 4 is 22.9 Å². The van der Waals surface area contributed by atoms with Crippen LogP contribution in [0.15, 0.2) is 17.2 Å². The number of aromatic nitrogens is 3. The maximum absolute atomic E-state index is 4.33. The smallest absolute Gasteiger partial charge is 0.177 e. The van der Waals surface area contributed by atoms with Gasteiger partial charge in [0.1, 0.15) is 5.82 Å². The van der Waals surface area contributed by atoms with Crippen molar-refractivity contribution in [3.05, 3.63) is 18.1 Å². The fourth-order valence-electron chi connectivity index (χ4n) is 1.21. The Bertz CT molecular complexity index is 420. The van der Waals surface area contributed by atoms with E-state index >= 15 is 0 Å². The summed E-state index contributed by atoms with van der Waals surface area (Å²) in [5.41, 5.74) is 1.85. The first-order valence-corrected chi connectivity index (χ1v) is 5.44. The molecule has 2 rings (SSSR count). The molecule has 1 N–H and O–H groups in total. The SMILES string of the molecule is CCc1nc2ncc(SC)cc2[nH]1. The van der Waals surface area contributed by atoms with Gasteiger partial charge in [-0.3, -0.25) is 0 Å². The van der Waals surface area contributed by atoms with Crippen LogP contribution in [0.1, 0.15) is 12.7 Å². The molecular formula is C9H11N3S. The minimum atomic E-state index is 0.814. The first-order valence-electron chi connectivity index (χ1n) is 4.22. The number of H-pyrrole nitrogens is 1. The summed E-state index contributed by atoms with van der Waals surface area (Å²) < 4.78 is 0. The maximum Gasteiger partial charge on any atom is 0.177 e. The number of thioether (sulfide) groups is 1. The molecule has 0 bridgehead atoms. The molecule has 2 aromatic rings. The molecule has 0 aromatic carbocycles. The lowest BCUT2D eigenvalue weighted by Crippen LogP contribution is -1.80. The van der Waals surface area contributed by atoms with E-state index in [9.17, 15) is 0 Å². The third kappa shape index (κ3) is 1.54. The normalized spacial score (nSPS) is 10.9. The molecule has 0 aliphatic heterocycles. The summed E-state index contributed by atoms with van der Waals surface area (Å²) in [6, 6.07) is 2.08. The van der Waals surface area contributed by atoms with Gasteiger partial charge in [-0.25, -0.2) is 9.97 Å². The van der Waals surface area contributed by atoms with E-state index in [0.717, 1.165) is 23.4 Å². The van der Waals surface area contributed by atoms with Gasteiger partial charge in [0.05, 0.1) is 5.52 Å². The van der Waals surface area contributed by atoms with Gasteiger partial charge in [0.15, 0.2) is 5.65 Å². The Morgan fingerprint density at radius 2 is 2.38 bits per heavy atom. The van der Waals surface area contributed by atoms with Gasteiger partial charge in [-0.15, -0.1) is 11.8 Å². The molecule has 68 valence electrons. The highest BCUT2D eigenvalue weighted by atomic mass is 32.2. The number of imidazole rings is 1. The molecule has 0 spiro atoms. The van der Waals surface area contributed by atoms with Crippen molar-refractivity contribution in [3.63, 3.8) is 0 Å². The molecule has 0 amide bonds. The molecule has 2 heterocycles. The molecule has 13 heavy (non-hydrogen) atoms. The van der Waals surface area contributed by atoms with Crippen molar-refractivity contribution in [2.24, 2.45) is 0 Å². The van der Waals surface area contributed by atoms with Crippen molar-refractivity contribution in [2.45, 2.75) is 18.2 Å². The average Bonchev–Trinajstić information content (AvgIpc) is 2.58. The van der Waals surface area contributed by atoms with Crippen molar-refractivity contribution in [2.75, 3.05) is 6.26 Å². The third-order valence-electron chi connectivity index (χ3n) is 1.93. The molecule has 4 heteroatoms. The molecule has 0 atom stereocenters. The summed E-state index contributed by atoms with van der Waals surface area (Å²) in [5, 5.41) is 0. The topological polar surface area (TPSA) is 41.6 Å². The Hall–Kier alpha value is -1.03. The van der Waals surface area contributed by atoms with Gasteiger partial charge in [-0.2, -0.15) is 0 Å². The highest BCUT2D eigenvalue weighted by molar-refractivity contribution is 7.98. The molecular weight excluding hydrogens is 182 g/mol. The molecule has 0 saturated carbocycles. The summed E-state index contributed by atoms with van der Waals surface area (Å²) in [6.45, 7) is 2.08. The zero-order chi connectivity index (χ0) is 9.26. The lowest BCUT2D eigenvalue weighted by atomic mass is 10.4. The van der Waals surface area contributed by atoms with E-state index < -0.39 is 0 Å². The van der Waals surface area contributed by atoms with E-state index in [-0.39, 0.29) is 0 Å². The standard InChI is InChI=1S/C9H11N3S/c1-3-8-11-7-4-6(13-2)5-10-9(7)12-8/h4-5H,3H2,1-2H3,(H,10,11,12). The number of aryl methyl sites for hydroxylation is 1. The lowest BCUT2D eigenvalue weighted by molar-refractivity contribution is 0.997. The average molecular weight is 193 g/mol. The summed E-state index contributed by atoms with van der Waals surface area (Å²) in [7, 11) is 0. The van der Waals surface area contributed by atoms with Crippen molar-refractivity contribution in [1.82, 2.24) is 15.0 Å². The number of rotatable bonds is 2. The Balaban J connectivity index is 2.57. The second kappa shape index (κ2) is 3.38. The molecule has 0 saturated heterocycles. The molecule has 0 unspecified atom stereocenters. The van der Waals surface area contributed by atoms with Gasteiger partial charge in [-0.05, 0) is 12.3 Å². The van der Waals surface area contributed by atoms with Gasteiger partial charge >= 0.3 is 0 Å². The molecule has 0 radical (unpaired) electrons. The van der Waals surface area contributed by atoms with Crippen LogP contribution < -0.4 is 0 Å². The zero-order valence-electron chi connectivity index (χ0n) is 7.66. The number of nitrogens with one attached hydrogen (secondary N) is 1. The fourth-order valence-corrected chi connectivity index (χ4v) is 1.60. The number of hydrogen-bond acceptors (Lipinski definition) is 3. The Morgan fingerprint density at radius 3 is 3.08 bits per heavy atom. The fraction of sp³-hybridized carbons (Fsp3) is 0.333. The molecule has 2 aromatic heterocycles. The molecule has 0 aliphatic carbocycles. The van der Waals surface area contributed by atoms with Crippen molar-refractivity contribution in [3.8, 4) is 0 Å². The van der Waals surface area contributed by atoms with Gasteiger partial charge in [0.25, 0.3) is 0 Å². The molecule has 0 fully saturated rings. The highest BCUT2D eigenvalue weighted by Crippen LogP contribution is 2.17. The quantitative estimate of drug-likeness (QED) is 0.744. The van der Waals surface area contributed by atoms with Crippen LogP contribution in [-0.2, 0) is 6.42 Å². The molecule has 0 aliphatic rings. The van der Waals surface area contributed by atoms with E-state index in [2.05, 4.69) is 27.9 Å². The van der Waals surface area contributed by atoms with E-state index in [1.54, 1.807) is 11.8 Å². The highest BCUT2D eigenvalue weighted by Gasteiger charge is 2.02. The van der Waals surface area contributed by atoms with E-state index in [4.69, 9.17) is 0 Å². The number of aromatic amines is 1. The van der Waals surface area contributed by atoms with Crippen molar-refractivity contribution < 1.29 is 0 Å². The number of fused-ring (bicyclic) bond motifs is 1. The Morgan fingerprint density at radius 1 is 1.54 bits per heavy atom. The predicted molar refractivity (Wildman–Crippen MR) is 55.0 cm³/mol. The van der Waals surface area contributed by atoms with Crippen LogP contribution in [-0.4, -0.2) is 21.2 Å². The monoisotopic (exact) mass is 193 g/mol. The summed E-state index contributed by atoms with van der Waals surface area (Å²) in [5.74, 6) is 1.00. The lowest BCUT2D eigenvalue weighted by Gasteiger charge is -1.92. The summed E-state index contributed by atoms with van der Waals surface area (Å²) >= 11 is 1.69. The third-order valence-corrected chi connectivity index (χ3v) is 2.63.